The van der Waals surface area contributed by atoms with Crippen LogP contribution in [0.25, 0.3) is 0 Å². The van der Waals surface area contributed by atoms with Gasteiger partial charge in [0.05, 0.1) is 11.5 Å². The van der Waals surface area contributed by atoms with Gasteiger partial charge in [0.1, 0.15) is 0 Å². The molecule has 2 aliphatic rings. The first-order valence-corrected chi connectivity index (χ1v) is 6.86. The van der Waals surface area contributed by atoms with Gasteiger partial charge in [0, 0.05) is 19.6 Å². The molecule has 1 amide bonds. The summed E-state index contributed by atoms with van der Waals surface area (Å²) in [6.07, 6.45) is 4.52. The molecule has 0 radical (unpaired) electrons. The zero-order valence-corrected chi connectivity index (χ0v) is 10.7. The Labute approximate surface area is 103 Å². The van der Waals surface area contributed by atoms with Gasteiger partial charge in [-0.1, -0.05) is 13.3 Å². The van der Waals surface area contributed by atoms with Crippen LogP contribution in [0.15, 0.2) is 0 Å². The Kier molecular flexibility index (Phi) is 4.05. The third-order valence-corrected chi connectivity index (χ3v) is 4.11. The van der Waals surface area contributed by atoms with Gasteiger partial charge in [0.2, 0.25) is 5.91 Å². The SMILES string of the molecule is CCCC1(C(=O)N2CCC(O)C2)CCCNC1. The maximum absolute atomic E-state index is 12.6. The Bertz CT molecular complexity index is 269. The number of likely N-dealkylation sites (tertiary alicyclic amines) is 1. The van der Waals surface area contributed by atoms with Gasteiger partial charge in [-0.3, -0.25) is 4.79 Å². The first kappa shape index (κ1) is 12.8. The molecule has 2 atom stereocenters. The van der Waals surface area contributed by atoms with E-state index in [4.69, 9.17) is 0 Å². The second-order valence-electron chi connectivity index (χ2n) is 5.50. The zero-order chi connectivity index (χ0) is 12.3. The summed E-state index contributed by atoms with van der Waals surface area (Å²) in [4.78, 5) is 14.5. The average molecular weight is 240 g/mol. The summed E-state index contributed by atoms with van der Waals surface area (Å²) in [7, 11) is 0. The van der Waals surface area contributed by atoms with Crippen molar-refractivity contribution in [2.75, 3.05) is 26.2 Å². The van der Waals surface area contributed by atoms with Crippen LogP contribution >= 0.6 is 0 Å². The standard InChI is InChI=1S/C13H24N2O2/c1-2-5-13(6-3-7-14-10-13)12(17)15-8-4-11(16)9-15/h11,14,16H,2-10H2,1H3. The molecule has 17 heavy (non-hydrogen) atoms. The lowest BCUT2D eigenvalue weighted by atomic mass is 9.76. The number of rotatable bonds is 3. The summed E-state index contributed by atoms with van der Waals surface area (Å²) < 4.78 is 0. The highest BCUT2D eigenvalue weighted by atomic mass is 16.3. The Morgan fingerprint density at radius 3 is 2.94 bits per heavy atom. The maximum atomic E-state index is 12.6. The first-order valence-electron chi connectivity index (χ1n) is 6.86. The summed E-state index contributed by atoms with van der Waals surface area (Å²) in [5.74, 6) is 0.267. The first-order chi connectivity index (χ1) is 8.18. The fourth-order valence-corrected chi connectivity index (χ4v) is 3.21. The molecule has 2 unspecified atom stereocenters. The second kappa shape index (κ2) is 5.36. The van der Waals surface area contributed by atoms with Crippen molar-refractivity contribution < 1.29 is 9.90 Å². The van der Waals surface area contributed by atoms with Gasteiger partial charge in [0.15, 0.2) is 0 Å². The van der Waals surface area contributed by atoms with Crippen molar-refractivity contribution in [3.8, 4) is 0 Å². The minimum absolute atomic E-state index is 0.197. The molecule has 98 valence electrons. The maximum Gasteiger partial charge on any atom is 0.230 e. The number of hydrogen-bond donors (Lipinski definition) is 2. The molecule has 0 bridgehead atoms. The van der Waals surface area contributed by atoms with Crippen molar-refractivity contribution in [1.29, 1.82) is 0 Å². The molecule has 0 aromatic heterocycles. The lowest BCUT2D eigenvalue weighted by molar-refractivity contribution is -0.143. The molecule has 0 aliphatic carbocycles. The molecule has 2 N–H and O–H groups in total. The molecule has 2 aliphatic heterocycles. The van der Waals surface area contributed by atoms with Gasteiger partial charge in [-0.2, -0.15) is 0 Å². The Hall–Kier alpha value is -0.610. The van der Waals surface area contributed by atoms with E-state index >= 15 is 0 Å². The Morgan fingerprint density at radius 1 is 1.59 bits per heavy atom. The van der Waals surface area contributed by atoms with E-state index in [0.29, 0.717) is 6.54 Å². The number of piperidine rings is 1. The minimum atomic E-state index is -0.311. The molecule has 0 saturated carbocycles. The number of carbonyl (C=O) groups is 1. The molecule has 0 aromatic rings. The Balaban J connectivity index is 2.06. The predicted octanol–water partition coefficient (Wildman–Crippen LogP) is 0.750. The fraction of sp³-hybridized carbons (Fsp3) is 0.923. The Morgan fingerprint density at radius 2 is 2.41 bits per heavy atom. The van der Waals surface area contributed by atoms with E-state index in [9.17, 15) is 9.90 Å². The lowest BCUT2D eigenvalue weighted by Crippen LogP contribution is -2.51. The number of aliphatic hydroxyl groups is 1. The van der Waals surface area contributed by atoms with Gasteiger partial charge < -0.3 is 15.3 Å². The average Bonchev–Trinajstić information content (AvgIpc) is 2.76. The van der Waals surface area contributed by atoms with Gasteiger partial charge >= 0.3 is 0 Å². The molecule has 4 nitrogen and oxygen atoms in total. The monoisotopic (exact) mass is 240 g/mol. The lowest BCUT2D eigenvalue weighted by Gasteiger charge is -2.39. The largest absolute Gasteiger partial charge is 0.391 e. The normalized spacial score (nSPS) is 34.0. The number of hydrogen-bond acceptors (Lipinski definition) is 3. The van der Waals surface area contributed by atoms with Crippen molar-refractivity contribution in [2.45, 2.75) is 45.1 Å². The molecule has 0 aromatic carbocycles. The van der Waals surface area contributed by atoms with Crippen molar-refractivity contribution in [1.82, 2.24) is 10.2 Å². The third kappa shape index (κ3) is 2.63. The van der Waals surface area contributed by atoms with Gasteiger partial charge in [-0.05, 0) is 32.2 Å². The van der Waals surface area contributed by atoms with Crippen molar-refractivity contribution in [3.05, 3.63) is 0 Å². The third-order valence-electron chi connectivity index (χ3n) is 4.11. The van der Waals surface area contributed by atoms with E-state index in [1.54, 1.807) is 0 Å². The summed E-state index contributed by atoms with van der Waals surface area (Å²) in [5, 5.41) is 12.9. The van der Waals surface area contributed by atoms with Crippen LogP contribution in [-0.2, 0) is 4.79 Å². The van der Waals surface area contributed by atoms with Crippen LogP contribution in [0.4, 0.5) is 0 Å². The van der Waals surface area contributed by atoms with Crippen molar-refractivity contribution >= 4 is 5.91 Å². The van der Waals surface area contributed by atoms with Crippen LogP contribution in [-0.4, -0.2) is 48.2 Å². The second-order valence-corrected chi connectivity index (χ2v) is 5.50. The summed E-state index contributed by atoms with van der Waals surface area (Å²) in [5.41, 5.74) is -0.197. The van der Waals surface area contributed by atoms with Crippen molar-refractivity contribution in [2.24, 2.45) is 5.41 Å². The van der Waals surface area contributed by atoms with Gasteiger partial charge in [-0.25, -0.2) is 0 Å². The minimum Gasteiger partial charge on any atom is -0.391 e. The highest BCUT2D eigenvalue weighted by Gasteiger charge is 2.42. The van der Waals surface area contributed by atoms with E-state index in [0.717, 1.165) is 51.7 Å². The fourth-order valence-electron chi connectivity index (χ4n) is 3.21. The van der Waals surface area contributed by atoms with Crippen LogP contribution in [0, 0.1) is 5.41 Å². The van der Waals surface area contributed by atoms with E-state index in [-0.39, 0.29) is 17.4 Å². The van der Waals surface area contributed by atoms with Gasteiger partial charge in [-0.15, -0.1) is 0 Å². The molecule has 2 rings (SSSR count). The van der Waals surface area contributed by atoms with E-state index in [1.807, 2.05) is 4.90 Å². The highest BCUT2D eigenvalue weighted by Crippen LogP contribution is 2.34. The van der Waals surface area contributed by atoms with Crippen LogP contribution in [0.5, 0.6) is 0 Å². The molecule has 2 heterocycles. The smallest absolute Gasteiger partial charge is 0.230 e. The number of carbonyl (C=O) groups excluding carboxylic acids is 1. The molecule has 2 saturated heterocycles. The number of amides is 1. The van der Waals surface area contributed by atoms with Gasteiger partial charge in [0.25, 0.3) is 0 Å². The quantitative estimate of drug-likeness (QED) is 0.765. The number of nitrogens with one attached hydrogen (secondary N) is 1. The van der Waals surface area contributed by atoms with E-state index < -0.39 is 0 Å². The summed E-state index contributed by atoms with van der Waals surface area (Å²) in [6.45, 7) is 5.24. The topological polar surface area (TPSA) is 52.6 Å². The summed E-state index contributed by atoms with van der Waals surface area (Å²) >= 11 is 0. The van der Waals surface area contributed by atoms with Crippen LogP contribution in [0.3, 0.4) is 0 Å². The highest BCUT2D eigenvalue weighted by molar-refractivity contribution is 5.83. The number of β-amino-alcohol motifs (C(OH)–C–C–N with tert-alkyl or cyclic N) is 1. The molecular weight excluding hydrogens is 216 g/mol. The predicted molar refractivity (Wildman–Crippen MR) is 66.6 cm³/mol. The number of nitrogens with zero attached hydrogens (tertiary/aromatic N) is 1. The molecule has 0 spiro atoms. The molecule has 4 heteroatoms. The molecule has 2 fully saturated rings. The summed E-state index contributed by atoms with van der Waals surface area (Å²) in [6, 6.07) is 0. The van der Waals surface area contributed by atoms with E-state index in [2.05, 4.69) is 12.2 Å². The van der Waals surface area contributed by atoms with E-state index in [1.165, 1.54) is 0 Å². The van der Waals surface area contributed by atoms with Crippen molar-refractivity contribution in [3.63, 3.8) is 0 Å². The van der Waals surface area contributed by atoms with Crippen LogP contribution in [0.1, 0.15) is 39.0 Å². The van der Waals surface area contributed by atoms with Crippen LogP contribution in [0.2, 0.25) is 0 Å². The van der Waals surface area contributed by atoms with Crippen LogP contribution < -0.4 is 5.32 Å². The number of aliphatic hydroxyl groups excluding tert-OH is 1. The molecular formula is C13H24N2O2. The zero-order valence-electron chi connectivity index (χ0n) is 10.7.